The highest BCUT2D eigenvalue weighted by Crippen LogP contribution is 2.28. The minimum Gasteiger partial charge on any atom is -0.465 e. The first-order valence-corrected chi connectivity index (χ1v) is 23.6. The van der Waals surface area contributed by atoms with Crippen molar-refractivity contribution >= 4 is 70.9 Å². The molecule has 0 saturated carbocycles. The SMILES string of the molecule is O=C(CCSC1CCCCO1)OCC(COC(=O)CCSC1CCCCO1)(COC(=O)CCSC1CCCCO1)COC(=O)CCSC1CCCCO1. The van der Waals surface area contributed by atoms with Crippen molar-refractivity contribution in [2.24, 2.45) is 5.41 Å². The minimum absolute atomic E-state index is 0.0717. The summed E-state index contributed by atoms with van der Waals surface area (Å²) in [4.78, 5) is 51.9. The fourth-order valence-electron chi connectivity index (χ4n) is 5.94. The second kappa shape index (κ2) is 26.9. The van der Waals surface area contributed by atoms with E-state index in [1.807, 2.05) is 0 Å². The van der Waals surface area contributed by atoms with Crippen molar-refractivity contribution in [3.8, 4) is 0 Å². The lowest BCUT2D eigenvalue weighted by molar-refractivity contribution is -0.170. The van der Waals surface area contributed by atoms with Crippen LogP contribution in [0.2, 0.25) is 0 Å². The third-order valence-electron chi connectivity index (χ3n) is 9.15. The molecule has 4 heterocycles. The maximum Gasteiger partial charge on any atom is 0.306 e. The van der Waals surface area contributed by atoms with E-state index >= 15 is 0 Å². The summed E-state index contributed by atoms with van der Waals surface area (Å²) in [6.45, 7) is 1.88. The predicted octanol–water partition coefficient (Wildman–Crippen LogP) is 6.75. The molecule has 0 aromatic rings. The van der Waals surface area contributed by atoms with Crippen LogP contribution in [0.25, 0.3) is 0 Å². The van der Waals surface area contributed by atoms with Crippen molar-refractivity contribution in [1.82, 2.24) is 0 Å². The van der Waals surface area contributed by atoms with Crippen LogP contribution in [0.4, 0.5) is 0 Å². The second-order valence-electron chi connectivity index (χ2n) is 13.8. The first-order chi connectivity index (χ1) is 25.9. The van der Waals surface area contributed by atoms with E-state index in [0.29, 0.717) is 23.0 Å². The molecule has 4 saturated heterocycles. The van der Waals surface area contributed by atoms with E-state index in [1.54, 1.807) is 47.0 Å². The highest BCUT2D eigenvalue weighted by molar-refractivity contribution is 8.00. The first-order valence-electron chi connectivity index (χ1n) is 19.4. The van der Waals surface area contributed by atoms with Crippen molar-refractivity contribution in [1.29, 1.82) is 0 Å². The van der Waals surface area contributed by atoms with Crippen LogP contribution in [-0.4, -0.2) is 121 Å². The Morgan fingerprint density at radius 3 is 0.868 bits per heavy atom. The summed E-state index contributed by atoms with van der Waals surface area (Å²) in [5.74, 6) is 0.337. The topological polar surface area (TPSA) is 142 Å². The van der Waals surface area contributed by atoms with Gasteiger partial charge in [0, 0.05) is 49.4 Å². The molecular formula is C37H60O12S4. The van der Waals surface area contributed by atoms with E-state index in [2.05, 4.69) is 0 Å². The Morgan fingerprint density at radius 2 is 0.660 bits per heavy atom. The van der Waals surface area contributed by atoms with E-state index in [4.69, 9.17) is 37.9 Å². The zero-order valence-corrected chi connectivity index (χ0v) is 34.4. The molecule has 0 spiro atoms. The van der Waals surface area contributed by atoms with E-state index in [-0.39, 0.29) is 73.9 Å². The Bertz CT molecular complexity index is 895. The fraction of sp³-hybridized carbons (Fsp3) is 0.892. The molecule has 4 aliphatic rings. The molecule has 4 aliphatic heterocycles. The monoisotopic (exact) mass is 824 g/mol. The molecule has 4 unspecified atom stereocenters. The number of hydrogen-bond donors (Lipinski definition) is 0. The smallest absolute Gasteiger partial charge is 0.306 e. The lowest BCUT2D eigenvalue weighted by Gasteiger charge is -2.32. The maximum atomic E-state index is 13.0. The molecule has 4 fully saturated rings. The molecule has 0 aromatic heterocycles. The van der Waals surface area contributed by atoms with Crippen LogP contribution in [0.3, 0.4) is 0 Å². The number of hydrogen-bond acceptors (Lipinski definition) is 16. The fourth-order valence-corrected chi connectivity index (χ4v) is 10.2. The average Bonchev–Trinajstić information content (AvgIpc) is 3.19. The van der Waals surface area contributed by atoms with Crippen molar-refractivity contribution in [2.75, 3.05) is 75.9 Å². The summed E-state index contributed by atoms with van der Waals surface area (Å²) < 4.78 is 46.0. The van der Waals surface area contributed by atoms with Crippen LogP contribution in [0.15, 0.2) is 0 Å². The van der Waals surface area contributed by atoms with E-state index < -0.39 is 29.3 Å². The van der Waals surface area contributed by atoms with Gasteiger partial charge in [0.2, 0.25) is 0 Å². The second-order valence-corrected chi connectivity index (χ2v) is 18.9. The van der Waals surface area contributed by atoms with Gasteiger partial charge in [0.25, 0.3) is 0 Å². The highest BCUT2D eigenvalue weighted by atomic mass is 32.2. The molecule has 4 atom stereocenters. The lowest BCUT2D eigenvalue weighted by Crippen LogP contribution is -2.44. The normalized spacial score (nSPS) is 24.8. The number of esters is 4. The zero-order chi connectivity index (χ0) is 37.4. The van der Waals surface area contributed by atoms with Crippen molar-refractivity contribution in [3.63, 3.8) is 0 Å². The summed E-state index contributed by atoms with van der Waals surface area (Å²) in [7, 11) is 0. The predicted molar refractivity (Wildman–Crippen MR) is 209 cm³/mol. The molecule has 0 radical (unpaired) electrons. The Balaban J connectivity index is 1.34. The van der Waals surface area contributed by atoms with Crippen LogP contribution in [0, 0.1) is 5.41 Å². The number of rotatable bonds is 24. The molecule has 12 nitrogen and oxygen atoms in total. The van der Waals surface area contributed by atoms with Gasteiger partial charge in [-0.2, -0.15) is 0 Å². The van der Waals surface area contributed by atoms with Gasteiger partial charge in [0.15, 0.2) is 0 Å². The Hall–Kier alpha value is -0.880. The van der Waals surface area contributed by atoms with Gasteiger partial charge in [0.05, 0.1) is 25.7 Å². The van der Waals surface area contributed by atoms with Gasteiger partial charge in [-0.15, -0.1) is 47.0 Å². The van der Waals surface area contributed by atoms with Crippen LogP contribution < -0.4 is 0 Å². The molecular weight excluding hydrogens is 765 g/mol. The average molecular weight is 825 g/mol. The number of ether oxygens (including phenoxy) is 8. The number of thioether (sulfide) groups is 4. The minimum atomic E-state index is -1.30. The highest BCUT2D eigenvalue weighted by Gasteiger charge is 2.38. The molecule has 0 N–H and O–H groups in total. The maximum absolute atomic E-state index is 13.0. The molecule has 0 aromatic carbocycles. The van der Waals surface area contributed by atoms with Gasteiger partial charge in [0.1, 0.15) is 53.6 Å². The summed E-state index contributed by atoms with van der Waals surface area (Å²) in [5.41, 5.74) is -1.01. The van der Waals surface area contributed by atoms with Gasteiger partial charge >= 0.3 is 23.9 Å². The zero-order valence-electron chi connectivity index (χ0n) is 31.1. The Kier molecular flexibility index (Phi) is 22.7. The molecule has 0 bridgehead atoms. The van der Waals surface area contributed by atoms with Crippen molar-refractivity contribution in [3.05, 3.63) is 0 Å². The van der Waals surface area contributed by atoms with E-state index in [9.17, 15) is 19.2 Å². The van der Waals surface area contributed by atoms with Crippen LogP contribution in [0.1, 0.15) is 103 Å². The molecule has 53 heavy (non-hydrogen) atoms. The summed E-state index contributed by atoms with van der Waals surface area (Å²) in [6, 6.07) is 0. The lowest BCUT2D eigenvalue weighted by atomic mass is 9.92. The van der Waals surface area contributed by atoms with Crippen LogP contribution in [-0.2, 0) is 57.1 Å². The van der Waals surface area contributed by atoms with Crippen molar-refractivity contribution < 1.29 is 57.1 Å². The summed E-state index contributed by atoms with van der Waals surface area (Å²) in [5, 5.41) is 0. The van der Waals surface area contributed by atoms with Crippen LogP contribution >= 0.6 is 47.0 Å². The first kappa shape index (κ1) is 44.8. The Morgan fingerprint density at radius 1 is 0.415 bits per heavy atom. The van der Waals surface area contributed by atoms with Gasteiger partial charge in [-0.3, -0.25) is 19.2 Å². The molecule has 304 valence electrons. The molecule has 0 aliphatic carbocycles. The van der Waals surface area contributed by atoms with E-state index in [0.717, 1.165) is 103 Å². The quantitative estimate of drug-likeness (QED) is 0.0748. The summed E-state index contributed by atoms with van der Waals surface area (Å²) >= 11 is 6.36. The van der Waals surface area contributed by atoms with Crippen LogP contribution in [0.5, 0.6) is 0 Å². The van der Waals surface area contributed by atoms with Crippen molar-refractivity contribution in [2.45, 2.75) is 124 Å². The summed E-state index contributed by atoms with van der Waals surface area (Å²) in [6.07, 6.45) is 13.1. The third kappa shape index (κ3) is 19.7. The van der Waals surface area contributed by atoms with E-state index in [1.165, 1.54) is 0 Å². The van der Waals surface area contributed by atoms with Gasteiger partial charge < -0.3 is 37.9 Å². The number of carbonyl (C=O) groups excluding carboxylic acids is 4. The van der Waals surface area contributed by atoms with Gasteiger partial charge in [-0.1, -0.05) is 0 Å². The number of carbonyl (C=O) groups is 4. The largest absolute Gasteiger partial charge is 0.465 e. The molecule has 16 heteroatoms. The van der Waals surface area contributed by atoms with Gasteiger partial charge in [-0.05, 0) is 77.0 Å². The third-order valence-corrected chi connectivity index (χ3v) is 13.9. The Labute approximate surface area is 332 Å². The standard InChI is InChI=1S/C37H60O12S4/c38-29(13-21-50-33-9-1-5-17-42-33)46-25-37(26-47-30(39)14-22-51-34-10-2-6-18-43-34,27-48-31(40)15-23-52-35-11-3-7-19-44-35)28-49-32(41)16-24-53-36-12-4-8-20-45-36/h33-36H,1-28H2. The molecule has 4 rings (SSSR count). The molecule has 0 amide bonds. The van der Waals surface area contributed by atoms with Gasteiger partial charge in [-0.25, -0.2) is 0 Å².